The maximum Gasteiger partial charge on any atom is 0.227 e. The van der Waals surface area contributed by atoms with Gasteiger partial charge in [0, 0.05) is 23.1 Å². The van der Waals surface area contributed by atoms with Gasteiger partial charge in [-0.05, 0) is 30.5 Å². The summed E-state index contributed by atoms with van der Waals surface area (Å²) >= 11 is 1.39. The molecule has 4 rings (SSSR count). The summed E-state index contributed by atoms with van der Waals surface area (Å²) in [4.78, 5) is 11.5. The van der Waals surface area contributed by atoms with E-state index in [1.165, 1.54) is 11.8 Å². The first-order chi connectivity index (χ1) is 14.8. The number of nitrogen functional groups attached to an aromatic ring is 1. The van der Waals surface area contributed by atoms with Crippen molar-refractivity contribution >= 4 is 29.3 Å². The molecular formula is C20H22N8O2S. The van der Waals surface area contributed by atoms with Crippen molar-refractivity contribution in [1.29, 1.82) is 0 Å². The first-order valence-electron chi connectivity index (χ1n) is 9.44. The number of aromatic amines is 1. The smallest absolute Gasteiger partial charge is 0.227 e. The van der Waals surface area contributed by atoms with Gasteiger partial charge in [-0.3, -0.25) is 0 Å². The lowest BCUT2D eigenvalue weighted by molar-refractivity contribution is 0.331. The summed E-state index contributed by atoms with van der Waals surface area (Å²) < 4.78 is 11.2. The van der Waals surface area contributed by atoms with Crippen LogP contribution in [0.2, 0.25) is 0 Å². The van der Waals surface area contributed by atoms with Gasteiger partial charge in [0.2, 0.25) is 11.8 Å². The van der Waals surface area contributed by atoms with Crippen LogP contribution in [0, 0.1) is 0 Å². The Labute approximate surface area is 183 Å². The Morgan fingerprint density at radius 3 is 2.55 bits per heavy atom. The van der Waals surface area contributed by atoms with Crippen LogP contribution in [0.15, 0.2) is 46.1 Å². The Morgan fingerprint density at radius 2 is 1.87 bits per heavy atom. The second kappa shape index (κ2) is 8.26. The van der Waals surface area contributed by atoms with Crippen molar-refractivity contribution in [1.82, 2.24) is 30.3 Å². The molecule has 0 unspecified atom stereocenters. The molecule has 3 aromatic heterocycles. The molecule has 0 radical (unpaired) electrons. The number of aromatic nitrogens is 6. The van der Waals surface area contributed by atoms with Gasteiger partial charge in [0.05, 0.1) is 0 Å². The first kappa shape index (κ1) is 20.7. The molecular weight excluding hydrogens is 416 g/mol. The lowest BCUT2D eigenvalue weighted by Gasteiger charge is -2.11. The molecule has 3 heterocycles. The molecule has 4 N–H and O–H groups in total. The minimum Gasteiger partial charge on any atom is -0.439 e. The highest BCUT2D eigenvalue weighted by atomic mass is 32.2. The van der Waals surface area contributed by atoms with Gasteiger partial charge in [0.25, 0.3) is 0 Å². The highest BCUT2D eigenvalue weighted by molar-refractivity contribution is 7.98. The maximum atomic E-state index is 5.79. The van der Waals surface area contributed by atoms with Crippen LogP contribution in [-0.2, 0) is 5.41 Å². The number of nitrogens with one attached hydrogen (secondary N) is 2. The number of ether oxygens (including phenoxy) is 1. The molecule has 160 valence electrons. The third kappa shape index (κ3) is 4.94. The maximum absolute atomic E-state index is 5.79. The quantitative estimate of drug-likeness (QED) is 0.293. The zero-order valence-corrected chi connectivity index (χ0v) is 18.3. The average molecular weight is 439 g/mol. The van der Waals surface area contributed by atoms with Gasteiger partial charge < -0.3 is 25.3 Å². The van der Waals surface area contributed by atoms with E-state index in [2.05, 4.69) is 56.4 Å². The van der Waals surface area contributed by atoms with Gasteiger partial charge in [-0.15, -0.1) is 10.2 Å². The van der Waals surface area contributed by atoms with Crippen LogP contribution in [0.1, 0.15) is 26.5 Å². The van der Waals surface area contributed by atoms with Crippen molar-refractivity contribution in [2.24, 2.45) is 0 Å². The summed E-state index contributed by atoms with van der Waals surface area (Å²) in [7, 11) is 0. The predicted octanol–water partition coefficient (Wildman–Crippen LogP) is 4.39. The van der Waals surface area contributed by atoms with E-state index in [1.807, 2.05) is 36.6 Å². The Kier molecular flexibility index (Phi) is 5.51. The van der Waals surface area contributed by atoms with Crippen molar-refractivity contribution in [2.45, 2.75) is 31.3 Å². The van der Waals surface area contributed by atoms with Crippen molar-refractivity contribution < 1.29 is 9.26 Å². The summed E-state index contributed by atoms with van der Waals surface area (Å²) in [5.41, 5.74) is 6.50. The topological polar surface area (TPSA) is 141 Å². The van der Waals surface area contributed by atoms with E-state index in [0.29, 0.717) is 40.2 Å². The van der Waals surface area contributed by atoms with Gasteiger partial charge in [-0.2, -0.15) is 4.98 Å². The van der Waals surface area contributed by atoms with Crippen LogP contribution in [-0.4, -0.2) is 36.6 Å². The van der Waals surface area contributed by atoms with Crippen molar-refractivity contribution in [3.63, 3.8) is 0 Å². The Hall–Kier alpha value is -3.60. The number of rotatable bonds is 6. The fourth-order valence-corrected chi connectivity index (χ4v) is 3.00. The van der Waals surface area contributed by atoms with Gasteiger partial charge in [0.1, 0.15) is 17.3 Å². The predicted molar refractivity (Wildman–Crippen MR) is 119 cm³/mol. The number of H-pyrrole nitrogens is 1. The highest BCUT2D eigenvalue weighted by Crippen LogP contribution is 2.27. The lowest BCUT2D eigenvalue weighted by Crippen LogP contribution is -2.09. The summed E-state index contributed by atoms with van der Waals surface area (Å²) in [5, 5.41) is 15.9. The minimum atomic E-state index is -0.127. The van der Waals surface area contributed by atoms with Gasteiger partial charge in [-0.25, -0.2) is 4.98 Å². The molecule has 1 aromatic carbocycles. The molecule has 0 fully saturated rings. The van der Waals surface area contributed by atoms with Crippen LogP contribution in [0.4, 0.5) is 17.6 Å². The van der Waals surface area contributed by atoms with E-state index < -0.39 is 0 Å². The average Bonchev–Trinajstić information content (AvgIpc) is 3.38. The van der Waals surface area contributed by atoms with Crippen LogP contribution >= 0.6 is 11.8 Å². The molecule has 0 spiro atoms. The van der Waals surface area contributed by atoms with Gasteiger partial charge >= 0.3 is 0 Å². The highest BCUT2D eigenvalue weighted by Gasteiger charge is 2.20. The number of benzene rings is 1. The molecule has 0 aliphatic heterocycles. The Balaban J connectivity index is 1.44. The fourth-order valence-electron chi connectivity index (χ4n) is 2.62. The molecule has 0 aliphatic carbocycles. The molecule has 0 amide bonds. The Morgan fingerprint density at radius 1 is 1.10 bits per heavy atom. The standard InChI is InChI=1S/C20H22N8O2S/c1-20(2,3)13-9-15(28-30-13)23-18-25-17(26-27-18)11-5-7-12(8-6-11)29-16-10-14(21)22-19(24-16)31-4/h5-10H,1-4H3,(H2,21,22,24)(H2,23,25,26,27,28). The number of anilines is 3. The van der Waals surface area contributed by atoms with Gasteiger partial charge in [-0.1, -0.05) is 37.7 Å². The number of thioether (sulfide) groups is 1. The molecule has 4 aromatic rings. The molecule has 0 atom stereocenters. The van der Waals surface area contributed by atoms with Crippen molar-refractivity contribution in [3.05, 3.63) is 42.2 Å². The fraction of sp³-hybridized carbons (Fsp3) is 0.250. The lowest BCUT2D eigenvalue weighted by atomic mass is 9.93. The number of hydrogen-bond donors (Lipinski definition) is 3. The monoisotopic (exact) mass is 438 g/mol. The zero-order valence-electron chi connectivity index (χ0n) is 17.5. The third-order valence-corrected chi connectivity index (χ3v) is 4.77. The van der Waals surface area contributed by atoms with Crippen LogP contribution < -0.4 is 15.8 Å². The molecule has 31 heavy (non-hydrogen) atoms. The molecule has 0 bridgehead atoms. The third-order valence-electron chi connectivity index (χ3n) is 4.22. The number of nitrogens with zero attached hydrogens (tertiary/aromatic N) is 5. The van der Waals surface area contributed by atoms with E-state index in [4.69, 9.17) is 15.0 Å². The molecule has 0 saturated carbocycles. The van der Waals surface area contributed by atoms with Crippen LogP contribution in [0.25, 0.3) is 11.4 Å². The minimum absolute atomic E-state index is 0.127. The summed E-state index contributed by atoms with van der Waals surface area (Å²) in [5.74, 6) is 3.76. The summed E-state index contributed by atoms with van der Waals surface area (Å²) in [6.07, 6.45) is 1.87. The number of nitrogens with two attached hydrogens (primary N) is 1. The van der Waals surface area contributed by atoms with Crippen molar-refractivity contribution in [3.8, 4) is 23.0 Å². The van der Waals surface area contributed by atoms with E-state index >= 15 is 0 Å². The van der Waals surface area contributed by atoms with E-state index in [1.54, 1.807) is 6.07 Å². The normalized spacial score (nSPS) is 11.5. The summed E-state index contributed by atoms with van der Waals surface area (Å²) in [6.45, 7) is 6.16. The van der Waals surface area contributed by atoms with Crippen LogP contribution in [0.3, 0.4) is 0 Å². The zero-order chi connectivity index (χ0) is 22.0. The second-order valence-electron chi connectivity index (χ2n) is 7.72. The van der Waals surface area contributed by atoms with Crippen molar-refractivity contribution in [2.75, 3.05) is 17.3 Å². The van der Waals surface area contributed by atoms with Crippen LogP contribution in [0.5, 0.6) is 11.6 Å². The van der Waals surface area contributed by atoms with E-state index in [9.17, 15) is 0 Å². The van der Waals surface area contributed by atoms with Gasteiger partial charge in [0.15, 0.2) is 16.8 Å². The first-order valence-corrected chi connectivity index (χ1v) is 10.7. The largest absolute Gasteiger partial charge is 0.439 e. The number of hydrogen-bond acceptors (Lipinski definition) is 10. The molecule has 0 aliphatic rings. The molecule has 10 nitrogen and oxygen atoms in total. The molecule has 0 saturated heterocycles. The SMILES string of the molecule is CSc1nc(N)cc(Oc2ccc(-c3nnc(Nc4cc(C(C)(C)C)on4)[nH]3)cc2)n1. The van der Waals surface area contributed by atoms with E-state index in [0.717, 1.165) is 11.3 Å². The van der Waals surface area contributed by atoms with E-state index in [-0.39, 0.29) is 5.41 Å². The Bertz CT molecular complexity index is 1180. The summed E-state index contributed by atoms with van der Waals surface area (Å²) in [6, 6.07) is 10.8. The molecule has 11 heteroatoms. The second-order valence-corrected chi connectivity index (χ2v) is 8.49.